The molecule has 0 N–H and O–H groups in total. The Morgan fingerprint density at radius 1 is 1.23 bits per heavy atom. The van der Waals surface area contributed by atoms with Gasteiger partial charge in [-0.3, -0.25) is 0 Å². The van der Waals surface area contributed by atoms with Gasteiger partial charge in [0.2, 0.25) is 0 Å². The number of amides is 1. The minimum Gasteiger partial charge on any atom is -0.486 e. The molecule has 1 aromatic carbocycles. The van der Waals surface area contributed by atoms with Crippen molar-refractivity contribution in [1.82, 2.24) is 4.98 Å². The first-order valence-electron chi connectivity index (χ1n) is 9.70. The number of ether oxygens (including phenoxy) is 3. The van der Waals surface area contributed by atoms with Crippen molar-refractivity contribution in [3.63, 3.8) is 0 Å². The van der Waals surface area contributed by atoms with E-state index in [9.17, 15) is 9.18 Å². The number of carbonyl (C=O) groups is 1. The van der Waals surface area contributed by atoms with E-state index in [4.69, 9.17) is 14.2 Å². The molecule has 1 fully saturated rings. The van der Waals surface area contributed by atoms with Gasteiger partial charge in [-0.1, -0.05) is 0 Å². The lowest BCUT2D eigenvalue weighted by Gasteiger charge is -2.32. The number of fused-ring (bicyclic) bond motifs is 2. The van der Waals surface area contributed by atoms with Gasteiger partial charge in [0.1, 0.15) is 23.8 Å². The van der Waals surface area contributed by atoms with E-state index >= 15 is 0 Å². The van der Waals surface area contributed by atoms with Gasteiger partial charge in [-0.25, -0.2) is 19.1 Å². The molecule has 3 heterocycles. The average Bonchev–Trinajstić information content (AvgIpc) is 2.84. The van der Waals surface area contributed by atoms with Crippen LogP contribution in [0.2, 0.25) is 0 Å². The van der Waals surface area contributed by atoms with Crippen LogP contribution in [0.15, 0.2) is 28.9 Å². The molecule has 0 saturated carbocycles. The molecule has 0 aliphatic carbocycles. The van der Waals surface area contributed by atoms with E-state index in [1.54, 1.807) is 27.0 Å². The third kappa shape index (κ3) is 4.09. The number of benzene rings is 1. The third-order valence-corrected chi connectivity index (χ3v) is 5.37. The molecule has 0 spiro atoms. The van der Waals surface area contributed by atoms with Crippen LogP contribution in [-0.2, 0) is 16.1 Å². The maximum atomic E-state index is 14.2. The van der Waals surface area contributed by atoms with Crippen molar-refractivity contribution in [3.05, 3.63) is 40.2 Å². The zero-order valence-electron chi connectivity index (χ0n) is 17.1. The Kier molecular flexibility index (Phi) is 5.59. The molecule has 0 bridgehead atoms. The summed E-state index contributed by atoms with van der Waals surface area (Å²) in [6.07, 6.45) is 1.05. The van der Waals surface area contributed by atoms with Crippen molar-refractivity contribution in [2.24, 2.45) is 0 Å². The van der Waals surface area contributed by atoms with Crippen molar-refractivity contribution < 1.29 is 23.4 Å². The summed E-state index contributed by atoms with van der Waals surface area (Å²) in [4.78, 5) is 21.3. The van der Waals surface area contributed by atoms with Gasteiger partial charge in [0.05, 0.1) is 28.9 Å². The molecule has 1 saturated heterocycles. The zero-order valence-corrected chi connectivity index (χ0v) is 18.7. The van der Waals surface area contributed by atoms with Crippen LogP contribution in [0.5, 0.6) is 5.75 Å². The van der Waals surface area contributed by atoms with E-state index in [-0.39, 0.29) is 16.8 Å². The smallest absolute Gasteiger partial charge is 0.420 e. The van der Waals surface area contributed by atoms with Gasteiger partial charge < -0.3 is 19.1 Å². The highest BCUT2D eigenvalue weighted by atomic mass is 79.9. The van der Waals surface area contributed by atoms with E-state index in [1.807, 2.05) is 6.07 Å². The van der Waals surface area contributed by atoms with Crippen molar-refractivity contribution in [3.8, 4) is 5.75 Å². The summed E-state index contributed by atoms with van der Waals surface area (Å²) in [5.74, 6) is 0.170. The van der Waals surface area contributed by atoms with Crippen molar-refractivity contribution in [2.75, 3.05) is 36.1 Å². The molecule has 1 aromatic heterocycles. The fourth-order valence-corrected chi connectivity index (χ4v) is 3.80. The standard InChI is InChI=1S/C21H23BrFN3O4/c1-21(2,3)30-20(27)26-17-10-14(22)15(23)11-18(17)29-12-13-16(4-5-24-19(13)26)25-6-8-28-9-7-25/h4-5,10-11H,6-9,12H2,1-3H3. The maximum absolute atomic E-state index is 14.2. The molecule has 2 aliphatic rings. The fourth-order valence-electron chi connectivity index (χ4n) is 3.47. The van der Waals surface area contributed by atoms with Crippen molar-refractivity contribution in [1.29, 1.82) is 0 Å². The van der Waals surface area contributed by atoms with E-state index in [2.05, 4.69) is 25.8 Å². The van der Waals surface area contributed by atoms with Gasteiger partial charge in [0, 0.05) is 31.0 Å². The average molecular weight is 480 g/mol. The lowest BCUT2D eigenvalue weighted by Crippen LogP contribution is -2.38. The Morgan fingerprint density at radius 2 is 1.97 bits per heavy atom. The SMILES string of the molecule is CC(C)(C)OC(=O)N1c2cc(Br)c(F)cc2OCc2c(N3CCOCC3)ccnc21. The number of aromatic nitrogens is 1. The largest absolute Gasteiger partial charge is 0.486 e. The lowest BCUT2D eigenvalue weighted by molar-refractivity contribution is 0.0598. The van der Waals surface area contributed by atoms with Crippen molar-refractivity contribution in [2.45, 2.75) is 33.0 Å². The molecular formula is C21H23BrFN3O4. The number of pyridine rings is 1. The molecule has 30 heavy (non-hydrogen) atoms. The van der Waals surface area contributed by atoms with Gasteiger partial charge in [0.25, 0.3) is 0 Å². The first-order chi connectivity index (χ1) is 14.2. The van der Waals surface area contributed by atoms with Crippen LogP contribution >= 0.6 is 15.9 Å². The topological polar surface area (TPSA) is 64.1 Å². The zero-order chi connectivity index (χ0) is 21.5. The molecule has 0 radical (unpaired) electrons. The Hall–Kier alpha value is -2.39. The fraction of sp³-hybridized carbons (Fsp3) is 0.429. The van der Waals surface area contributed by atoms with Crippen LogP contribution in [0.1, 0.15) is 26.3 Å². The van der Waals surface area contributed by atoms with Crippen LogP contribution in [0.25, 0.3) is 0 Å². The summed E-state index contributed by atoms with van der Waals surface area (Å²) in [5, 5.41) is 0. The lowest BCUT2D eigenvalue weighted by atomic mass is 10.1. The molecule has 7 nitrogen and oxygen atoms in total. The summed E-state index contributed by atoms with van der Waals surface area (Å²) in [6.45, 7) is 8.19. The minimum atomic E-state index is -0.719. The van der Waals surface area contributed by atoms with E-state index < -0.39 is 17.5 Å². The van der Waals surface area contributed by atoms with E-state index in [0.717, 1.165) is 24.3 Å². The first kappa shape index (κ1) is 20.9. The van der Waals surface area contributed by atoms with Gasteiger partial charge in [0.15, 0.2) is 5.82 Å². The molecule has 4 rings (SSSR count). The summed E-state index contributed by atoms with van der Waals surface area (Å²) in [6, 6.07) is 4.66. The Morgan fingerprint density at radius 3 is 2.67 bits per heavy atom. The third-order valence-electron chi connectivity index (χ3n) is 4.76. The first-order valence-corrected chi connectivity index (χ1v) is 10.5. The molecular weight excluding hydrogens is 457 g/mol. The molecule has 2 aromatic rings. The highest BCUT2D eigenvalue weighted by molar-refractivity contribution is 9.10. The minimum absolute atomic E-state index is 0.142. The maximum Gasteiger partial charge on any atom is 0.420 e. The predicted molar refractivity (Wildman–Crippen MR) is 114 cm³/mol. The number of halogens is 2. The molecule has 160 valence electrons. The van der Waals surface area contributed by atoms with Crippen LogP contribution < -0.4 is 14.5 Å². The molecule has 0 unspecified atom stereocenters. The number of anilines is 3. The number of nitrogens with zero attached hydrogens (tertiary/aromatic N) is 3. The second-order valence-electron chi connectivity index (χ2n) is 8.07. The number of hydrogen-bond acceptors (Lipinski definition) is 6. The molecule has 9 heteroatoms. The molecule has 0 atom stereocenters. The second-order valence-corrected chi connectivity index (χ2v) is 8.92. The Labute approximate surface area is 182 Å². The Balaban J connectivity index is 1.86. The summed E-state index contributed by atoms with van der Waals surface area (Å²) in [5.41, 5.74) is 1.29. The van der Waals surface area contributed by atoms with Gasteiger partial charge in [-0.05, 0) is 48.8 Å². The summed E-state index contributed by atoms with van der Waals surface area (Å²) < 4.78 is 31.5. The van der Waals surface area contributed by atoms with Crippen LogP contribution in [-0.4, -0.2) is 43.0 Å². The number of carbonyl (C=O) groups excluding carboxylic acids is 1. The van der Waals surface area contributed by atoms with Crippen LogP contribution in [0.3, 0.4) is 0 Å². The quantitative estimate of drug-likeness (QED) is 0.585. The number of rotatable bonds is 1. The van der Waals surface area contributed by atoms with Crippen molar-refractivity contribution >= 4 is 39.2 Å². The molecule has 2 aliphatic heterocycles. The monoisotopic (exact) mass is 479 g/mol. The Bertz CT molecular complexity index is 973. The predicted octanol–water partition coefficient (Wildman–Crippen LogP) is 4.79. The molecule has 1 amide bonds. The number of hydrogen-bond donors (Lipinski definition) is 0. The van der Waals surface area contributed by atoms with E-state index in [1.165, 1.54) is 17.0 Å². The van der Waals surface area contributed by atoms with Gasteiger partial charge in [-0.2, -0.15) is 0 Å². The van der Waals surface area contributed by atoms with Crippen LogP contribution in [0, 0.1) is 5.82 Å². The number of morpholine rings is 1. The van der Waals surface area contributed by atoms with Gasteiger partial charge in [-0.15, -0.1) is 0 Å². The summed E-state index contributed by atoms with van der Waals surface area (Å²) >= 11 is 3.20. The van der Waals surface area contributed by atoms with Gasteiger partial charge >= 0.3 is 6.09 Å². The van der Waals surface area contributed by atoms with E-state index in [0.29, 0.717) is 24.7 Å². The normalized spacial score (nSPS) is 16.3. The highest BCUT2D eigenvalue weighted by Gasteiger charge is 2.34. The summed E-state index contributed by atoms with van der Waals surface area (Å²) in [7, 11) is 0. The highest BCUT2D eigenvalue weighted by Crippen LogP contribution is 2.44. The second kappa shape index (κ2) is 8.03. The van der Waals surface area contributed by atoms with Crippen LogP contribution in [0.4, 0.5) is 26.4 Å².